The smallest absolute Gasteiger partial charge is 0.316 e. The van der Waals surface area contributed by atoms with Crippen LogP contribution in [0, 0.1) is 11.6 Å². The average molecular weight is 440 g/mol. The van der Waals surface area contributed by atoms with Gasteiger partial charge in [0.25, 0.3) is 0 Å². The van der Waals surface area contributed by atoms with Gasteiger partial charge in [-0.1, -0.05) is 40.5 Å². The summed E-state index contributed by atoms with van der Waals surface area (Å²) in [6, 6.07) is 6.07. The van der Waals surface area contributed by atoms with Gasteiger partial charge in [-0.15, -0.1) is 6.58 Å². The lowest BCUT2D eigenvalue weighted by atomic mass is 10.2. The van der Waals surface area contributed by atoms with E-state index < -0.39 is 17.5 Å². The van der Waals surface area contributed by atoms with E-state index in [1.54, 1.807) is 0 Å². The van der Waals surface area contributed by atoms with Crippen molar-refractivity contribution in [2.45, 2.75) is 6.54 Å². The van der Waals surface area contributed by atoms with Crippen LogP contribution in [0.1, 0.15) is 16.2 Å². The molecule has 1 amide bonds. The molecule has 6 nitrogen and oxygen atoms in total. The maximum absolute atomic E-state index is 13.4. The van der Waals surface area contributed by atoms with Crippen molar-refractivity contribution in [1.29, 1.82) is 0 Å². The van der Waals surface area contributed by atoms with Gasteiger partial charge >= 0.3 is 11.8 Å². The molecule has 0 bridgehead atoms. The van der Waals surface area contributed by atoms with Crippen LogP contribution in [0.25, 0.3) is 11.4 Å². The van der Waals surface area contributed by atoms with E-state index in [-0.39, 0.29) is 40.6 Å². The first-order valence-electron chi connectivity index (χ1n) is 8.16. The number of halogens is 4. The van der Waals surface area contributed by atoms with Crippen molar-refractivity contribution < 1.29 is 23.2 Å². The minimum Gasteiger partial charge on any atom is -0.505 e. The molecule has 0 aliphatic carbocycles. The molecule has 0 aliphatic heterocycles. The molecule has 29 heavy (non-hydrogen) atoms. The Morgan fingerprint density at radius 3 is 2.52 bits per heavy atom. The van der Waals surface area contributed by atoms with Gasteiger partial charge in [0.15, 0.2) is 17.4 Å². The van der Waals surface area contributed by atoms with Crippen molar-refractivity contribution in [2.75, 3.05) is 6.54 Å². The third-order valence-corrected chi connectivity index (χ3v) is 4.45. The minimum absolute atomic E-state index is 0.0169. The number of carbonyl (C=O) groups excluding carboxylic acids is 1. The lowest BCUT2D eigenvalue weighted by Crippen LogP contribution is -2.31. The summed E-state index contributed by atoms with van der Waals surface area (Å²) in [4.78, 5) is 18.0. The molecule has 150 valence electrons. The van der Waals surface area contributed by atoms with Crippen LogP contribution in [0.4, 0.5) is 8.78 Å². The quantitative estimate of drug-likeness (QED) is 0.555. The van der Waals surface area contributed by atoms with E-state index in [1.165, 1.54) is 29.2 Å². The lowest BCUT2D eigenvalue weighted by Gasteiger charge is -2.19. The summed E-state index contributed by atoms with van der Waals surface area (Å²) in [5, 5.41) is 13.3. The Balaban J connectivity index is 1.85. The Labute approximate surface area is 174 Å². The summed E-state index contributed by atoms with van der Waals surface area (Å²) in [6.45, 7) is 3.66. The van der Waals surface area contributed by atoms with Crippen molar-refractivity contribution in [1.82, 2.24) is 15.0 Å². The molecule has 10 heteroatoms. The van der Waals surface area contributed by atoms with Gasteiger partial charge in [-0.3, -0.25) is 4.79 Å². The SMILES string of the molecule is C=CCN(Cc1ccc(F)c(F)c1)C(=O)c1nc(-c2cc(Cl)c(O)c(Cl)c2)no1. The molecule has 0 saturated carbocycles. The third kappa shape index (κ3) is 4.55. The molecule has 0 unspecified atom stereocenters. The van der Waals surface area contributed by atoms with Crippen LogP contribution in [0.5, 0.6) is 5.75 Å². The number of amides is 1. The van der Waals surface area contributed by atoms with Gasteiger partial charge in [0.2, 0.25) is 5.82 Å². The molecule has 3 rings (SSSR count). The fourth-order valence-electron chi connectivity index (χ4n) is 2.49. The summed E-state index contributed by atoms with van der Waals surface area (Å²) in [5.74, 6) is -3.23. The Kier molecular flexibility index (Phi) is 6.14. The van der Waals surface area contributed by atoms with E-state index in [1.807, 2.05) is 0 Å². The van der Waals surface area contributed by atoms with Crippen LogP contribution in [-0.4, -0.2) is 32.6 Å². The predicted octanol–water partition coefficient (Wildman–Crippen LogP) is 4.86. The average Bonchev–Trinajstić information content (AvgIpc) is 3.18. The van der Waals surface area contributed by atoms with E-state index in [0.29, 0.717) is 11.1 Å². The molecule has 3 aromatic rings. The number of nitrogens with zero attached hydrogens (tertiary/aromatic N) is 3. The van der Waals surface area contributed by atoms with E-state index in [0.717, 1.165) is 12.1 Å². The number of hydrogen-bond acceptors (Lipinski definition) is 5. The van der Waals surface area contributed by atoms with Gasteiger partial charge in [0.05, 0.1) is 10.0 Å². The van der Waals surface area contributed by atoms with Gasteiger partial charge in [0.1, 0.15) is 0 Å². The molecule has 0 saturated heterocycles. The highest BCUT2D eigenvalue weighted by molar-refractivity contribution is 6.37. The number of rotatable bonds is 6. The van der Waals surface area contributed by atoms with Crippen molar-refractivity contribution >= 4 is 29.1 Å². The van der Waals surface area contributed by atoms with Crippen LogP contribution < -0.4 is 0 Å². The number of aromatic hydroxyl groups is 1. The zero-order valence-electron chi connectivity index (χ0n) is 14.7. The van der Waals surface area contributed by atoms with Crippen LogP contribution >= 0.6 is 23.2 Å². The number of hydrogen-bond donors (Lipinski definition) is 1. The highest BCUT2D eigenvalue weighted by Crippen LogP contribution is 2.35. The van der Waals surface area contributed by atoms with Crippen LogP contribution in [0.3, 0.4) is 0 Å². The third-order valence-electron chi connectivity index (χ3n) is 3.88. The summed E-state index contributed by atoms with van der Waals surface area (Å²) in [5.41, 5.74) is 0.701. The van der Waals surface area contributed by atoms with Crippen molar-refractivity contribution in [3.05, 3.63) is 76.1 Å². The first-order valence-corrected chi connectivity index (χ1v) is 8.92. The fraction of sp³-hybridized carbons (Fsp3) is 0.105. The fourth-order valence-corrected chi connectivity index (χ4v) is 2.98. The summed E-state index contributed by atoms with van der Waals surface area (Å²) in [6.07, 6.45) is 1.47. The zero-order valence-corrected chi connectivity index (χ0v) is 16.2. The highest BCUT2D eigenvalue weighted by atomic mass is 35.5. The van der Waals surface area contributed by atoms with Gasteiger partial charge in [-0.05, 0) is 29.8 Å². The number of aromatic nitrogens is 2. The first kappa shape index (κ1) is 20.8. The second-order valence-electron chi connectivity index (χ2n) is 5.93. The molecule has 1 N–H and O–H groups in total. The van der Waals surface area contributed by atoms with Gasteiger partial charge < -0.3 is 14.5 Å². The van der Waals surface area contributed by atoms with Crippen molar-refractivity contribution in [2.24, 2.45) is 0 Å². The molecule has 0 atom stereocenters. The summed E-state index contributed by atoms with van der Waals surface area (Å²) < 4.78 is 31.6. The molecule has 0 fully saturated rings. The van der Waals surface area contributed by atoms with Crippen molar-refractivity contribution in [3.63, 3.8) is 0 Å². The number of benzene rings is 2. The monoisotopic (exact) mass is 439 g/mol. The molecule has 0 aliphatic rings. The second-order valence-corrected chi connectivity index (χ2v) is 6.75. The van der Waals surface area contributed by atoms with Crippen LogP contribution in [0.2, 0.25) is 10.0 Å². The van der Waals surface area contributed by atoms with Gasteiger partial charge in [-0.2, -0.15) is 4.98 Å². The van der Waals surface area contributed by atoms with E-state index >= 15 is 0 Å². The van der Waals surface area contributed by atoms with Crippen LogP contribution in [0.15, 0.2) is 47.5 Å². The first-order chi connectivity index (χ1) is 13.8. The lowest BCUT2D eigenvalue weighted by molar-refractivity contribution is 0.0712. The van der Waals surface area contributed by atoms with E-state index in [2.05, 4.69) is 16.7 Å². The number of phenols is 1. The number of phenolic OH excluding ortho intramolecular Hbond substituents is 1. The molecule has 1 heterocycles. The van der Waals surface area contributed by atoms with E-state index in [9.17, 15) is 18.7 Å². The molecule has 1 aromatic heterocycles. The van der Waals surface area contributed by atoms with Crippen LogP contribution in [-0.2, 0) is 6.54 Å². The standard InChI is InChI=1S/C19H13Cl2F2N3O3/c1-2-5-26(9-10-3-4-14(22)15(23)6-10)19(28)18-24-17(25-29-18)11-7-12(20)16(27)13(21)8-11/h2-4,6-8,27H,1,5,9H2. The topological polar surface area (TPSA) is 79.5 Å². The minimum atomic E-state index is -1.02. The molecular formula is C19H13Cl2F2N3O3. The Morgan fingerprint density at radius 2 is 1.90 bits per heavy atom. The predicted molar refractivity (Wildman–Crippen MR) is 103 cm³/mol. The second kappa shape index (κ2) is 8.59. The normalized spacial score (nSPS) is 10.8. The Bertz CT molecular complexity index is 1070. The summed E-state index contributed by atoms with van der Waals surface area (Å²) >= 11 is 11.8. The maximum Gasteiger partial charge on any atom is 0.316 e. The summed E-state index contributed by atoms with van der Waals surface area (Å²) in [7, 11) is 0. The molecule has 0 radical (unpaired) electrons. The highest BCUT2D eigenvalue weighted by Gasteiger charge is 2.23. The van der Waals surface area contributed by atoms with Crippen molar-refractivity contribution in [3.8, 4) is 17.1 Å². The Morgan fingerprint density at radius 1 is 1.21 bits per heavy atom. The maximum atomic E-state index is 13.4. The molecule has 2 aromatic carbocycles. The largest absolute Gasteiger partial charge is 0.505 e. The molecular weight excluding hydrogens is 427 g/mol. The Hall–Kier alpha value is -2.97. The molecule has 0 spiro atoms. The van der Waals surface area contributed by atoms with E-state index in [4.69, 9.17) is 27.7 Å². The zero-order chi connectivity index (χ0) is 21.1. The van der Waals surface area contributed by atoms with Gasteiger partial charge in [-0.25, -0.2) is 8.78 Å². The number of carbonyl (C=O) groups is 1. The van der Waals surface area contributed by atoms with Gasteiger partial charge in [0, 0.05) is 18.7 Å².